The van der Waals surface area contributed by atoms with Gasteiger partial charge in [0.2, 0.25) is 0 Å². The fourth-order valence-corrected chi connectivity index (χ4v) is 6.08. The molecule has 0 spiro atoms. The van der Waals surface area contributed by atoms with Gasteiger partial charge in [0.15, 0.2) is 0 Å². The number of nitrogens with zero attached hydrogens (tertiary/aromatic N) is 7. The van der Waals surface area contributed by atoms with E-state index in [-0.39, 0.29) is 0 Å². The van der Waals surface area contributed by atoms with Gasteiger partial charge in [0, 0.05) is 17.1 Å². The number of anilines is 3. The van der Waals surface area contributed by atoms with Crippen molar-refractivity contribution >= 4 is 49.9 Å². The molecule has 0 aliphatic heterocycles. The number of hydrogen-bond acceptors (Lipinski definition) is 5. The predicted octanol–water partition coefficient (Wildman–Crippen LogP) is 9.44. The number of fused-ring (bicyclic) bond motifs is 3. The molecule has 47 heavy (non-hydrogen) atoms. The lowest BCUT2D eigenvalue weighted by Gasteiger charge is -2.26. The van der Waals surface area contributed by atoms with Crippen molar-refractivity contribution < 1.29 is 0 Å². The summed E-state index contributed by atoms with van der Waals surface area (Å²) in [6, 6.07) is 56.2. The zero-order valence-corrected chi connectivity index (χ0v) is 25.2. The minimum absolute atomic E-state index is 0.853. The summed E-state index contributed by atoms with van der Waals surface area (Å²) in [5.74, 6) is 0. The van der Waals surface area contributed by atoms with Crippen LogP contribution in [0, 0.1) is 0 Å². The SMILES string of the molecule is c1cc(N(c2ccc(-c3ccc4ccccc4c3)cc2)c2cccc(-n3nc4ccccc4n3)c2)cc(-n2nc3ccccc3n2)c1. The zero-order valence-electron chi connectivity index (χ0n) is 25.2. The Labute approximate surface area is 270 Å². The topological polar surface area (TPSA) is 64.7 Å². The predicted molar refractivity (Wildman–Crippen MR) is 189 cm³/mol. The van der Waals surface area contributed by atoms with E-state index in [1.54, 1.807) is 9.59 Å². The first-order valence-electron chi connectivity index (χ1n) is 15.5. The molecule has 7 aromatic carbocycles. The van der Waals surface area contributed by atoms with Gasteiger partial charge in [-0.25, -0.2) is 0 Å². The summed E-state index contributed by atoms with van der Waals surface area (Å²) in [6.45, 7) is 0. The minimum Gasteiger partial charge on any atom is -0.310 e. The maximum atomic E-state index is 4.74. The van der Waals surface area contributed by atoms with Gasteiger partial charge in [-0.2, -0.15) is 9.59 Å². The Kier molecular flexibility index (Phi) is 6.31. The largest absolute Gasteiger partial charge is 0.310 e. The maximum Gasteiger partial charge on any atom is 0.113 e. The lowest BCUT2D eigenvalue weighted by Crippen LogP contribution is -2.11. The van der Waals surface area contributed by atoms with Crippen LogP contribution in [0.1, 0.15) is 0 Å². The van der Waals surface area contributed by atoms with Crippen LogP contribution in [0.4, 0.5) is 17.1 Å². The summed E-state index contributed by atoms with van der Waals surface area (Å²) in [5, 5.41) is 21.4. The average molecular weight is 606 g/mol. The van der Waals surface area contributed by atoms with Gasteiger partial charge >= 0.3 is 0 Å². The molecule has 0 radical (unpaired) electrons. The first-order chi connectivity index (χ1) is 23.2. The van der Waals surface area contributed by atoms with Crippen LogP contribution in [0.5, 0.6) is 0 Å². The second-order valence-electron chi connectivity index (χ2n) is 11.4. The Morgan fingerprint density at radius 1 is 0.340 bits per heavy atom. The molecule has 0 unspecified atom stereocenters. The highest BCUT2D eigenvalue weighted by molar-refractivity contribution is 5.88. The molecular weight excluding hydrogens is 578 g/mol. The summed E-state index contributed by atoms with van der Waals surface area (Å²) in [5.41, 5.74) is 10.4. The smallest absolute Gasteiger partial charge is 0.113 e. The van der Waals surface area contributed by atoms with Gasteiger partial charge in [-0.3, -0.25) is 0 Å². The number of hydrogen-bond donors (Lipinski definition) is 0. The molecule has 2 heterocycles. The summed E-state index contributed by atoms with van der Waals surface area (Å²) in [7, 11) is 0. The first kappa shape index (κ1) is 26.8. The normalized spacial score (nSPS) is 11.4. The van der Waals surface area contributed by atoms with E-state index < -0.39 is 0 Å². The van der Waals surface area contributed by atoms with Crippen LogP contribution in [0.25, 0.3) is 55.3 Å². The zero-order chi connectivity index (χ0) is 31.2. The van der Waals surface area contributed by atoms with E-state index in [2.05, 4.69) is 95.9 Å². The third-order valence-corrected chi connectivity index (χ3v) is 8.42. The molecular formula is C40H27N7. The van der Waals surface area contributed by atoms with Gasteiger partial charge in [0.1, 0.15) is 22.1 Å². The molecule has 7 heteroatoms. The fraction of sp³-hybridized carbons (Fsp3) is 0. The van der Waals surface area contributed by atoms with Crippen LogP contribution >= 0.6 is 0 Å². The van der Waals surface area contributed by atoms with Gasteiger partial charge in [0.05, 0.1) is 11.4 Å². The summed E-state index contributed by atoms with van der Waals surface area (Å²) >= 11 is 0. The highest BCUT2D eigenvalue weighted by Gasteiger charge is 2.16. The molecule has 0 bridgehead atoms. The second kappa shape index (κ2) is 11.1. The number of rotatable bonds is 6. The summed E-state index contributed by atoms with van der Waals surface area (Å²) in [6.07, 6.45) is 0. The van der Waals surface area contributed by atoms with Crippen LogP contribution < -0.4 is 4.90 Å². The molecule has 0 saturated carbocycles. The second-order valence-corrected chi connectivity index (χ2v) is 11.4. The molecule has 0 atom stereocenters. The van der Waals surface area contributed by atoms with Crippen molar-refractivity contribution in [2.45, 2.75) is 0 Å². The molecule has 0 aliphatic carbocycles. The van der Waals surface area contributed by atoms with E-state index in [0.29, 0.717) is 0 Å². The molecule has 0 fully saturated rings. The molecule has 0 N–H and O–H groups in total. The molecule has 0 saturated heterocycles. The fourth-order valence-electron chi connectivity index (χ4n) is 6.08. The average Bonchev–Trinajstić information content (AvgIpc) is 3.77. The Morgan fingerprint density at radius 2 is 0.809 bits per heavy atom. The lowest BCUT2D eigenvalue weighted by atomic mass is 10.0. The maximum absolute atomic E-state index is 4.74. The van der Waals surface area contributed by atoms with Crippen LogP contribution in [0.15, 0.2) is 164 Å². The lowest BCUT2D eigenvalue weighted by molar-refractivity contribution is 0.765. The Balaban J connectivity index is 1.15. The van der Waals surface area contributed by atoms with Crippen LogP contribution in [-0.4, -0.2) is 30.0 Å². The van der Waals surface area contributed by atoms with Crippen molar-refractivity contribution in [3.63, 3.8) is 0 Å². The molecule has 7 nitrogen and oxygen atoms in total. The van der Waals surface area contributed by atoms with Crippen molar-refractivity contribution in [1.29, 1.82) is 0 Å². The molecule has 0 aliphatic rings. The van der Waals surface area contributed by atoms with Crippen LogP contribution in [0.2, 0.25) is 0 Å². The van der Waals surface area contributed by atoms with Gasteiger partial charge in [0.25, 0.3) is 0 Å². The third kappa shape index (κ3) is 4.96. The van der Waals surface area contributed by atoms with E-state index in [0.717, 1.165) is 56.1 Å². The monoisotopic (exact) mass is 605 g/mol. The summed E-state index contributed by atoms with van der Waals surface area (Å²) in [4.78, 5) is 5.64. The number of benzene rings is 7. The van der Waals surface area contributed by atoms with Crippen molar-refractivity contribution in [3.8, 4) is 22.5 Å². The molecule has 9 rings (SSSR count). The van der Waals surface area contributed by atoms with Crippen LogP contribution in [-0.2, 0) is 0 Å². The summed E-state index contributed by atoms with van der Waals surface area (Å²) < 4.78 is 0. The minimum atomic E-state index is 0.853. The quantitative estimate of drug-likeness (QED) is 0.189. The van der Waals surface area contributed by atoms with Crippen molar-refractivity contribution in [1.82, 2.24) is 30.0 Å². The molecule has 222 valence electrons. The van der Waals surface area contributed by atoms with Gasteiger partial charge in [-0.05, 0) is 101 Å². The van der Waals surface area contributed by atoms with Gasteiger partial charge < -0.3 is 4.90 Å². The van der Waals surface area contributed by atoms with Crippen molar-refractivity contribution in [3.05, 3.63) is 164 Å². The highest BCUT2D eigenvalue weighted by Crippen LogP contribution is 2.37. The van der Waals surface area contributed by atoms with E-state index in [1.807, 2.05) is 72.8 Å². The number of aromatic nitrogens is 6. The molecule has 9 aromatic rings. The van der Waals surface area contributed by atoms with E-state index >= 15 is 0 Å². The Morgan fingerprint density at radius 3 is 1.34 bits per heavy atom. The standard InChI is InChI=1S/C40H27N7/c1-2-10-30-25-31(20-19-28(30)9-1)29-21-23-32(24-22-29)45(33-11-7-13-35(26-33)46-41-37-15-3-4-16-38(37)42-46)34-12-8-14-36(27-34)47-43-39-17-5-6-18-40(39)44-47/h1-27H. The first-order valence-corrected chi connectivity index (χ1v) is 15.5. The van der Waals surface area contributed by atoms with Gasteiger partial charge in [-0.15, -0.1) is 20.4 Å². The molecule has 0 amide bonds. The Hall–Kier alpha value is -6.60. The highest BCUT2D eigenvalue weighted by atomic mass is 15.5. The molecule has 2 aromatic heterocycles. The van der Waals surface area contributed by atoms with Crippen molar-refractivity contribution in [2.75, 3.05) is 4.90 Å². The van der Waals surface area contributed by atoms with Crippen LogP contribution in [0.3, 0.4) is 0 Å². The van der Waals surface area contributed by atoms with Gasteiger partial charge in [-0.1, -0.05) is 84.9 Å². The van der Waals surface area contributed by atoms with E-state index in [1.165, 1.54) is 16.3 Å². The Bertz CT molecular complexity index is 2360. The van der Waals surface area contributed by atoms with E-state index in [4.69, 9.17) is 20.4 Å². The van der Waals surface area contributed by atoms with E-state index in [9.17, 15) is 0 Å². The van der Waals surface area contributed by atoms with Crippen molar-refractivity contribution in [2.24, 2.45) is 0 Å². The third-order valence-electron chi connectivity index (χ3n) is 8.42.